The number of rotatable bonds is 3. The summed E-state index contributed by atoms with van der Waals surface area (Å²) in [4.78, 5) is 4.80. The minimum atomic E-state index is 0.203. The van der Waals surface area contributed by atoms with E-state index >= 15 is 0 Å². The van der Waals surface area contributed by atoms with Gasteiger partial charge in [0, 0.05) is 31.9 Å². The molecule has 0 spiro atoms. The predicted octanol–water partition coefficient (Wildman–Crippen LogP) is 8.55. The first-order valence-electron chi connectivity index (χ1n) is 11.2. The van der Waals surface area contributed by atoms with Gasteiger partial charge in [0.2, 0.25) is 0 Å². The summed E-state index contributed by atoms with van der Waals surface area (Å²) < 4.78 is 2.32. The second-order valence-electron chi connectivity index (χ2n) is 9.89. The highest BCUT2D eigenvalue weighted by atomic mass is 32.1. The van der Waals surface area contributed by atoms with Crippen LogP contribution in [0.25, 0.3) is 42.6 Å². The van der Waals surface area contributed by atoms with Gasteiger partial charge in [0.25, 0.3) is 0 Å². The maximum atomic E-state index is 9.91. The van der Waals surface area contributed by atoms with Crippen molar-refractivity contribution < 1.29 is 0 Å². The third-order valence-electron chi connectivity index (χ3n) is 6.06. The third kappa shape index (κ3) is 4.03. The van der Waals surface area contributed by atoms with Gasteiger partial charge < -0.3 is 0 Å². The van der Waals surface area contributed by atoms with E-state index in [9.17, 15) is 5.26 Å². The highest BCUT2D eigenvalue weighted by molar-refractivity contribution is 7.26. The summed E-state index contributed by atoms with van der Waals surface area (Å²) in [5, 5.41) is 12.1. The molecule has 162 valence electrons. The Labute approximate surface area is 199 Å². The molecule has 2 heterocycles. The van der Waals surface area contributed by atoms with Crippen molar-refractivity contribution in [2.45, 2.75) is 34.1 Å². The SMILES string of the molecule is Cc1cnc(-c2ccc(C#N)c3c2sc2ccc(-c4ccccc4)cc23)cc1CC(C)(C)C. The summed E-state index contributed by atoms with van der Waals surface area (Å²) in [5.41, 5.74) is 7.89. The molecule has 3 aromatic carbocycles. The monoisotopic (exact) mass is 446 g/mol. The van der Waals surface area contributed by atoms with Crippen molar-refractivity contribution in [1.29, 1.82) is 5.26 Å². The smallest absolute Gasteiger partial charge is 0.0998 e. The Balaban J connectivity index is 1.74. The van der Waals surface area contributed by atoms with E-state index in [4.69, 9.17) is 4.98 Å². The molecular formula is C30H26N2S. The van der Waals surface area contributed by atoms with E-state index in [1.54, 1.807) is 11.3 Å². The van der Waals surface area contributed by atoms with E-state index in [1.165, 1.54) is 21.4 Å². The van der Waals surface area contributed by atoms with E-state index in [1.807, 2.05) is 18.3 Å². The fourth-order valence-electron chi connectivity index (χ4n) is 4.46. The fourth-order valence-corrected chi connectivity index (χ4v) is 5.69. The van der Waals surface area contributed by atoms with E-state index in [0.717, 1.165) is 38.7 Å². The van der Waals surface area contributed by atoms with Crippen molar-refractivity contribution >= 4 is 31.5 Å². The van der Waals surface area contributed by atoms with Crippen LogP contribution in [0.2, 0.25) is 0 Å². The van der Waals surface area contributed by atoms with E-state index in [-0.39, 0.29) is 5.41 Å². The summed E-state index contributed by atoms with van der Waals surface area (Å²) in [6.45, 7) is 8.94. The Kier molecular flexibility index (Phi) is 5.27. The molecule has 3 heteroatoms. The zero-order chi connectivity index (χ0) is 23.2. The molecule has 0 aliphatic rings. The number of pyridine rings is 1. The number of aryl methyl sites for hydroxylation is 1. The van der Waals surface area contributed by atoms with E-state index in [0.29, 0.717) is 5.56 Å². The van der Waals surface area contributed by atoms with Gasteiger partial charge in [0.1, 0.15) is 0 Å². The van der Waals surface area contributed by atoms with Crippen LogP contribution >= 0.6 is 11.3 Å². The molecule has 0 amide bonds. The average Bonchev–Trinajstić information content (AvgIpc) is 3.19. The Morgan fingerprint density at radius 3 is 2.45 bits per heavy atom. The third-order valence-corrected chi connectivity index (χ3v) is 7.26. The number of fused-ring (bicyclic) bond motifs is 3. The van der Waals surface area contributed by atoms with Crippen LogP contribution in [0.4, 0.5) is 0 Å². The van der Waals surface area contributed by atoms with E-state index < -0.39 is 0 Å². The van der Waals surface area contributed by atoms with Crippen LogP contribution in [0.5, 0.6) is 0 Å². The molecule has 0 unspecified atom stereocenters. The van der Waals surface area contributed by atoms with Gasteiger partial charge >= 0.3 is 0 Å². The Morgan fingerprint density at radius 2 is 1.73 bits per heavy atom. The van der Waals surface area contributed by atoms with Crippen LogP contribution in [0.1, 0.15) is 37.5 Å². The summed E-state index contributed by atoms with van der Waals surface area (Å²) >= 11 is 1.75. The van der Waals surface area contributed by atoms with Gasteiger partial charge in [-0.3, -0.25) is 4.98 Å². The lowest BCUT2D eigenvalue weighted by Crippen LogP contribution is -2.10. The molecule has 0 atom stereocenters. The van der Waals surface area contributed by atoms with Crippen molar-refractivity contribution in [3.8, 4) is 28.5 Å². The molecule has 2 nitrogen and oxygen atoms in total. The molecule has 0 aliphatic heterocycles. The number of nitriles is 1. The molecule has 5 rings (SSSR count). The minimum absolute atomic E-state index is 0.203. The first-order chi connectivity index (χ1) is 15.8. The number of hydrogen-bond donors (Lipinski definition) is 0. The summed E-state index contributed by atoms with van der Waals surface area (Å²) in [5.74, 6) is 0. The van der Waals surface area contributed by atoms with Crippen molar-refractivity contribution in [3.63, 3.8) is 0 Å². The van der Waals surface area contributed by atoms with Crippen molar-refractivity contribution in [1.82, 2.24) is 4.98 Å². The lowest BCUT2D eigenvalue weighted by Gasteiger charge is -2.20. The number of hydrogen-bond acceptors (Lipinski definition) is 3. The van der Waals surface area contributed by atoms with Gasteiger partial charge in [-0.05, 0) is 65.3 Å². The first-order valence-corrected chi connectivity index (χ1v) is 12.1. The highest BCUT2D eigenvalue weighted by Gasteiger charge is 2.18. The predicted molar refractivity (Wildman–Crippen MR) is 141 cm³/mol. The second kappa shape index (κ2) is 8.14. The Bertz CT molecular complexity index is 1530. The largest absolute Gasteiger partial charge is 0.256 e. The molecule has 33 heavy (non-hydrogen) atoms. The molecule has 0 saturated carbocycles. The lowest BCUT2D eigenvalue weighted by molar-refractivity contribution is 0.410. The molecule has 0 bridgehead atoms. The van der Waals surface area contributed by atoms with Crippen LogP contribution in [-0.2, 0) is 6.42 Å². The Hall–Kier alpha value is -3.48. The molecule has 0 saturated heterocycles. The maximum absolute atomic E-state index is 9.91. The van der Waals surface area contributed by atoms with Gasteiger partial charge in [-0.25, -0.2) is 0 Å². The summed E-state index contributed by atoms with van der Waals surface area (Å²) in [7, 11) is 0. The van der Waals surface area contributed by atoms with Gasteiger partial charge in [-0.15, -0.1) is 11.3 Å². The molecule has 0 radical (unpaired) electrons. The molecule has 0 fully saturated rings. The molecular weight excluding hydrogens is 420 g/mol. The maximum Gasteiger partial charge on any atom is 0.0998 e. The van der Waals surface area contributed by atoms with Gasteiger partial charge in [0.15, 0.2) is 0 Å². The van der Waals surface area contributed by atoms with Gasteiger partial charge in [0.05, 0.1) is 17.3 Å². The van der Waals surface area contributed by atoms with Crippen LogP contribution < -0.4 is 0 Å². The summed E-state index contributed by atoms with van der Waals surface area (Å²) in [6, 6.07) is 25.6. The molecule has 5 aromatic rings. The Morgan fingerprint density at radius 1 is 0.939 bits per heavy atom. The second-order valence-corrected chi connectivity index (χ2v) is 10.9. The standard InChI is InChI=1S/C30H26N2S/c1-19-18-32-26(15-23(19)16-30(2,3)4)24-12-10-22(17-31)28-25-14-21(20-8-6-5-7-9-20)11-13-27(25)33-29(24)28/h5-15,18H,16H2,1-4H3. The number of benzene rings is 3. The van der Waals surface area contributed by atoms with Crippen LogP contribution in [0.15, 0.2) is 72.9 Å². The van der Waals surface area contributed by atoms with E-state index in [2.05, 4.69) is 88.4 Å². The van der Waals surface area contributed by atoms with Gasteiger partial charge in [-0.2, -0.15) is 5.26 Å². The fraction of sp³-hybridized carbons (Fsp3) is 0.200. The average molecular weight is 447 g/mol. The number of thiophene rings is 1. The zero-order valence-electron chi connectivity index (χ0n) is 19.4. The number of aromatic nitrogens is 1. The quantitative estimate of drug-likeness (QED) is 0.278. The van der Waals surface area contributed by atoms with Gasteiger partial charge in [-0.1, -0.05) is 63.2 Å². The summed E-state index contributed by atoms with van der Waals surface area (Å²) in [6.07, 6.45) is 2.99. The molecule has 2 aromatic heterocycles. The van der Waals surface area contributed by atoms with Crippen molar-refractivity contribution in [3.05, 3.63) is 89.6 Å². The first kappa shape index (κ1) is 21.4. The van der Waals surface area contributed by atoms with Crippen LogP contribution in [0.3, 0.4) is 0 Å². The minimum Gasteiger partial charge on any atom is -0.256 e. The van der Waals surface area contributed by atoms with Crippen molar-refractivity contribution in [2.24, 2.45) is 5.41 Å². The van der Waals surface area contributed by atoms with Crippen LogP contribution in [0, 0.1) is 23.7 Å². The lowest BCUT2D eigenvalue weighted by atomic mass is 9.86. The number of nitrogens with zero attached hydrogens (tertiary/aromatic N) is 2. The molecule has 0 N–H and O–H groups in total. The highest BCUT2D eigenvalue weighted by Crippen LogP contribution is 2.43. The van der Waals surface area contributed by atoms with Crippen molar-refractivity contribution in [2.75, 3.05) is 0 Å². The normalized spacial score (nSPS) is 11.7. The topological polar surface area (TPSA) is 36.7 Å². The zero-order valence-corrected chi connectivity index (χ0v) is 20.3. The molecule has 0 aliphatic carbocycles. The van der Waals surface area contributed by atoms with Crippen LogP contribution in [-0.4, -0.2) is 4.98 Å².